The molecular formula is C9H13NS2. The molecule has 1 nitrogen and oxygen atoms in total. The zero-order valence-corrected chi connectivity index (χ0v) is 8.88. The number of thiophene rings is 1. The van der Waals surface area contributed by atoms with Crippen LogP contribution < -0.4 is 0 Å². The van der Waals surface area contributed by atoms with Gasteiger partial charge in [0, 0.05) is 11.4 Å². The van der Waals surface area contributed by atoms with Crippen molar-refractivity contribution >= 4 is 23.1 Å². The van der Waals surface area contributed by atoms with Crippen molar-refractivity contribution in [3.05, 3.63) is 17.0 Å². The molecule has 0 atom stereocenters. The second-order valence-corrected chi connectivity index (χ2v) is 5.33. The van der Waals surface area contributed by atoms with Crippen molar-refractivity contribution in [1.29, 1.82) is 0 Å². The van der Waals surface area contributed by atoms with Crippen LogP contribution in [0.25, 0.3) is 0 Å². The van der Waals surface area contributed by atoms with E-state index in [0.717, 1.165) is 0 Å². The predicted molar refractivity (Wildman–Crippen MR) is 56.0 cm³/mol. The van der Waals surface area contributed by atoms with Crippen molar-refractivity contribution in [3.8, 4) is 0 Å². The fourth-order valence-electron chi connectivity index (χ4n) is 1.31. The minimum Gasteiger partial charge on any atom is -0.298 e. The lowest BCUT2D eigenvalue weighted by atomic mass is 10.2. The second-order valence-electron chi connectivity index (χ2n) is 3.05. The van der Waals surface area contributed by atoms with Gasteiger partial charge in [0.05, 0.1) is 4.21 Å². The maximum atomic E-state index is 2.50. The highest BCUT2D eigenvalue weighted by Gasteiger charge is 2.14. The van der Waals surface area contributed by atoms with E-state index in [0.29, 0.717) is 0 Å². The highest BCUT2D eigenvalue weighted by atomic mass is 32.2. The third kappa shape index (κ3) is 1.84. The molecule has 3 heteroatoms. The summed E-state index contributed by atoms with van der Waals surface area (Å²) >= 11 is 3.77. The van der Waals surface area contributed by atoms with Gasteiger partial charge in [0.1, 0.15) is 0 Å². The lowest BCUT2D eigenvalue weighted by Crippen LogP contribution is -2.35. The summed E-state index contributed by atoms with van der Waals surface area (Å²) in [5, 5.41) is 0. The quantitative estimate of drug-likeness (QED) is 0.689. The minimum atomic E-state index is 1.17. The number of nitrogens with zero attached hydrogens (tertiary/aromatic N) is 1. The number of rotatable bonds is 3. The van der Waals surface area contributed by atoms with Crippen LogP contribution in [0, 0.1) is 0 Å². The van der Waals surface area contributed by atoms with Gasteiger partial charge in [-0.15, -0.1) is 23.1 Å². The monoisotopic (exact) mass is 199 g/mol. The molecule has 2 heterocycles. The first-order chi connectivity index (χ1) is 5.88. The lowest BCUT2D eigenvalue weighted by Gasteiger charge is -2.29. The van der Waals surface area contributed by atoms with Crippen molar-refractivity contribution < 1.29 is 0 Å². The Morgan fingerprint density at radius 1 is 1.50 bits per heavy atom. The van der Waals surface area contributed by atoms with Crippen LogP contribution in [0.4, 0.5) is 0 Å². The molecule has 0 radical (unpaired) electrons. The minimum absolute atomic E-state index is 1.17. The van der Waals surface area contributed by atoms with E-state index in [1.807, 2.05) is 23.1 Å². The summed E-state index contributed by atoms with van der Waals surface area (Å²) < 4.78 is 1.44. The standard InChI is InChI=1S/C9H13NS2/c1-11-9-4-3-8(12-9)7-10-5-2-6-10/h3-4H,2,5-7H2,1H3. The largest absolute Gasteiger partial charge is 0.298 e. The molecule has 1 saturated heterocycles. The van der Waals surface area contributed by atoms with E-state index in [1.165, 1.54) is 35.1 Å². The van der Waals surface area contributed by atoms with E-state index in [-0.39, 0.29) is 0 Å². The average Bonchev–Trinajstić information content (AvgIpc) is 2.44. The van der Waals surface area contributed by atoms with Gasteiger partial charge in [-0.3, -0.25) is 4.90 Å². The van der Waals surface area contributed by atoms with E-state index in [4.69, 9.17) is 0 Å². The van der Waals surface area contributed by atoms with Crippen molar-refractivity contribution in [2.45, 2.75) is 17.2 Å². The first-order valence-corrected chi connectivity index (χ1v) is 6.27. The molecule has 0 spiro atoms. The van der Waals surface area contributed by atoms with Crippen LogP contribution in [0.2, 0.25) is 0 Å². The van der Waals surface area contributed by atoms with Crippen molar-refractivity contribution in [2.75, 3.05) is 19.3 Å². The Hall–Kier alpha value is 0.01000. The molecule has 1 fully saturated rings. The maximum absolute atomic E-state index is 2.50. The molecule has 1 aromatic rings. The Morgan fingerprint density at radius 2 is 2.33 bits per heavy atom. The van der Waals surface area contributed by atoms with Gasteiger partial charge < -0.3 is 0 Å². The third-order valence-electron chi connectivity index (χ3n) is 2.17. The van der Waals surface area contributed by atoms with Gasteiger partial charge >= 0.3 is 0 Å². The Morgan fingerprint density at radius 3 is 2.83 bits per heavy atom. The molecule has 0 aliphatic carbocycles. The highest BCUT2D eigenvalue weighted by Crippen LogP contribution is 2.26. The average molecular weight is 199 g/mol. The molecule has 1 aliphatic heterocycles. The van der Waals surface area contributed by atoms with E-state index < -0.39 is 0 Å². The van der Waals surface area contributed by atoms with Crippen LogP contribution in [0.1, 0.15) is 11.3 Å². The van der Waals surface area contributed by atoms with Gasteiger partial charge in [0.2, 0.25) is 0 Å². The van der Waals surface area contributed by atoms with Crippen LogP contribution in [-0.2, 0) is 6.54 Å². The summed E-state index contributed by atoms with van der Waals surface area (Å²) in [4.78, 5) is 4.01. The van der Waals surface area contributed by atoms with Gasteiger partial charge in [-0.05, 0) is 37.9 Å². The Balaban J connectivity index is 1.93. The Bertz CT molecular complexity index is 253. The van der Waals surface area contributed by atoms with E-state index in [2.05, 4.69) is 23.3 Å². The maximum Gasteiger partial charge on any atom is 0.0599 e. The fraction of sp³-hybridized carbons (Fsp3) is 0.556. The molecule has 0 unspecified atom stereocenters. The molecule has 0 bridgehead atoms. The topological polar surface area (TPSA) is 3.24 Å². The van der Waals surface area contributed by atoms with Gasteiger partial charge in [0.25, 0.3) is 0 Å². The van der Waals surface area contributed by atoms with Crippen LogP contribution >= 0.6 is 23.1 Å². The first kappa shape index (κ1) is 8.60. The van der Waals surface area contributed by atoms with E-state index >= 15 is 0 Å². The number of likely N-dealkylation sites (tertiary alicyclic amines) is 1. The third-order valence-corrected chi connectivity index (χ3v) is 4.32. The van der Waals surface area contributed by atoms with Gasteiger partial charge in [-0.2, -0.15) is 0 Å². The fourth-order valence-corrected chi connectivity index (χ4v) is 2.95. The summed E-state index contributed by atoms with van der Waals surface area (Å²) in [6.45, 7) is 3.77. The second kappa shape index (κ2) is 3.81. The molecule has 12 heavy (non-hydrogen) atoms. The number of thioether (sulfide) groups is 1. The van der Waals surface area contributed by atoms with E-state index in [9.17, 15) is 0 Å². The number of hydrogen-bond acceptors (Lipinski definition) is 3. The molecule has 0 N–H and O–H groups in total. The van der Waals surface area contributed by atoms with Gasteiger partial charge in [0.15, 0.2) is 0 Å². The molecule has 0 aromatic carbocycles. The Kier molecular flexibility index (Phi) is 2.73. The van der Waals surface area contributed by atoms with Crippen molar-refractivity contribution in [3.63, 3.8) is 0 Å². The lowest BCUT2D eigenvalue weighted by molar-refractivity contribution is 0.174. The highest BCUT2D eigenvalue weighted by molar-refractivity contribution is 8.00. The summed E-state index contributed by atoms with van der Waals surface area (Å²) in [7, 11) is 0. The smallest absolute Gasteiger partial charge is 0.0599 e. The summed E-state index contributed by atoms with van der Waals surface area (Å²) in [5.41, 5.74) is 0. The molecule has 0 amide bonds. The summed E-state index contributed by atoms with van der Waals surface area (Å²) in [5.74, 6) is 0. The number of hydrogen-bond donors (Lipinski definition) is 0. The molecular weight excluding hydrogens is 186 g/mol. The van der Waals surface area contributed by atoms with Crippen molar-refractivity contribution in [1.82, 2.24) is 4.90 Å². The molecule has 0 saturated carbocycles. The predicted octanol–water partition coefficient (Wildman–Crippen LogP) is 2.68. The zero-order chi connectivity index (χ0) is 8.39. The summed E-state index contributed by atoms with van der Waals surface area (Å²) in [6, 6.07) is 4.49. The Labute approximate surface area is 81.8 Å². The normalized spacial score (nSPS) is 17.8. The zero-order valence-electron chi connectivity index (χ0n) is 7.25. The molecule has 2 rings (SSSR count). The first-order valence-electron chi connectivity index (χ1n) is 4.23. The van der Waals surface area contributed by atoms with Crippen LogP contribution in [0.15, 0.2) is 16.3 Å². The molecule has 66 valence electrons. The van der Waals surface area contributed by atoms with Crippen molar-refractivity contribution in [2.24, 2.45) is 0 Å². The molecule has 1 aromatic heterocycles. The van der Waals surface area contributed by atoms with Crippen LogP contribution in [-0.4, -0.2) is 24.2 Å². The SMILES string of the molecule is CSc1ccc(CN2CCC2)s1. The van der Waals surface area contributed by atoms with E-state index in [1.54, 1.807) is 0 Å². The molecule has 1 aliphatic rings. The van der Waals surface area contributed by atoms with Gasteiger partial charge in [-0.1, -0.05) is 0 Å². The van der Waals surface area contributed by atoms with Crippen LogP contribution in [0.5, 0.6) is 0 Å². The summed E-state index contributed by atoms with van der Waals surface area (Å²) in [6.07, 6.45) is 3.53. The van der Waals surface area contributed by atoms with Crippen LogP contribution in [0.3, 0.4) is 0 Å². The van der Waals surface area contributed by atoms with Gasteiger partial charge in [-0.25, -0.2) is 0 Å².